The molecule has 0 amide bonds. The summed E-state index contributed by atoms with van der Waals surface area (Å²) in [5.74, 6) is -2.84. The third-order valence-electron chi connectivity index (χ3n) is 7.11. The van der Waals surface area contributed by atoms with Crippen LogP contribution >= 0.6 is 23.2 Å². The van der Waals surface area contributed by atoms with Crippen molar-refractivity contribution in [1.29, 1.82) is 0 Å². The molecule has 0 N–H and O–H groups in total. The van der Waals surface area contributed by atoms with E-state index in [2.05, 4.69) is 9.97 Å². The van der Waals surface area contributed by atoms with Crippen LogP contribution in [-0.2, 0) is 10.8 Å². The van der Waals surface area contributed by atoms with E-state index in [0.29, 0.717) is 0 Å². The summed E-state index contributed by atoms with van der Waals surface area (Å²) in [7, 11) is 0. The number of rotatable bonds is 3. The lowest BCUT2D eigenvalue weighted by atomic mass is 9.52. The molecule has 2 heterocycles. The van der Waals surface area contributed by atoms with Gasteiger partial charge in [0.05, 0.1) is 10.0 Å². The number of aromatic nitrogens is 2. The standard InChI is InChI=1S/C28H14Cl2N2O4/c29-21-13-31-11-9-19(21)27(23(33)15-5-1-2-6-16(15)24(27)34)28(20-10-12-32-14-22(20)30)25(35)17-7-3-4-8-18(17)26(28)36/h1-14H. The number of Topliss-reactive ketones (excluding diaryl/α,β-unsaturated/α-hetero) is 4. The van der Waals surface area contributed by atoms with Crippen molar-refractivity contribution >= 4 is 46.3 Å². The summed E-state index contributed by atoms with van der Waals surface area (Å²) < 4.78 is 0. The number of carbonyl (C=O) groups is 4. The van der Waals surface area contributed by atoms with Crippen LogP contribution in [0.1, 0.15) is 52.6 Å². The van der Waals surface area contributed by atoms with Crippen molar-refractivity contribution < 1.29 is 19.2 Å². The van der Waals surface area contributed by atoms with Gasteiger partial charge in [0.15, 0.2) is 23.1 Å². The zero-order chi connectivity index (χ0) is 25.2. The van der Waals surface area contributed by atoms with Gasteiger partial charge in [-0.15, -0.1) is 0 Å². The zero-order valence-electron chi connectivity index (χ0n) is 18.4. The van der Waals surface area contributed by atoms with Gasteiger partial charge in [0.2, 0.25) is 0 Å². The number of hydrogen-bond donors (Lipinski definition) is 0. The Labute approximate surface area is 214 Å². The van der Waals surface area contributed by atoms with Crippen LogP contribution in [0.15, 0.2) is 85.5 Å². The van der Waals surface area contributed by atoms with Crippen LogP contribution in [0.25, 0.3) is 0 Å². The zero-order valence-corrected chi connectivity index (χ0v) is 19.9. The van der Waals surface area contributed by atoms with Gasteiger partial charge in [-0.2, -0.15) is 0 Å². The quantitative estimate of drug-likeness (QED) is 0.353. The molecule has 0 fully saturated rings. The molecule has 2 aliphatic carbocycles. The topological polar surface area (TPSA) is 94.1 Å². The van der Waals surface area contributed by atoms with Gasteiger partial charge in [-0.3, -0.25) is 29.1 Å². The van der Waals surface area contributed by atoms with Crippen molar-refractivity contribution in [3.8, 4) is 0 Å². The highest BCUT2D eigenvalue weighted by Crippen LogP contribution is 2.59. The van der Waals surface area contributed by atoms with E-state index in [1.54, 1.807) is 24.3 Å². The summed E-state index contributed by atoms with van der Waals surface area (Å²) in [6.45, 7) is 0. The fourth-order valence-corrected chi connectivity index (χ4v) is 6.23. The molecule has 0 atom stereocenters. The Morgan fingerprint density at radius 1 is 0.500 bits per heavy atom. The summed E-state index contributed by atoms with van der Waals surface area (Å²) in [4.78, 5) is 66.2. The Balaban J connectivity index is 1.86. The van der Waals surface area contributed by atoms with Gasteiger partial charge in [0.1, 0.15) is 10.8 Å². The van der Waals surface area contributed by atoms with Crippen molar-refractivity contribution in [1.82, 2.24) is 9.97 Å². The number of benzene rings is 2. The number of halogens is 2. The summed E-state index contributed by atoms with van der Waals surface area (Å²) >= 11 is 13.2. The normalized spacial score (nSPS) is 17.3. The molecule has 4 aromatic rings. The summed E-state index contributed by atoms with van der Waals surface area (Å²) in [6.07, 6.45) is 5.29. The van der Waals surface area contributed by atoms with Crippen molar-refractivity contribution in [3.63, 3.8) is 0 Å². The molecule has 6 nitrogen and oxygen atoms in total. The van der Waals surface area contributed by atoms with Gasteiger partial charge < -0.3 is 0 Å². The number of nitrogens with zero attached hydrogens (tertiary/aromatic N) is 2. The molecule has 0 unspecified atom stereocenters. The first-order chi connectivity index (χ1) is 17.4. The van der Waals surface area contributed by atoms with Crippen LogP contribution < -0.4 is 0 Å². The van der Waals surface area contributed by atoms with Gasteiger partial charge in [-0.25, -0.2) is 0 Å². The van der Waals surface area contributed by atoms with Crippen LogP contribution in [0.2, 0.25) is 10.0 Å². The number of fused-ring (bicyclic) bond motifs is 2. The minimum Gasteiger partial charge on any atom is -0.293 e. The van der Waals surface area contributed by atoms with E-state index in [9.17, 15) is 19.2 Å². The predicted molar refractivity (Wildman–Crippen MR) is 132 cm³/mol. The number of ketones is 4. The minimum absolute atomic E-state index is 0.00718. The van der Waals surface area contributed by atoms with Gasteiger partial charge in [0.25, 0.3) is 0 Å². The Bertz CT molecular complexity index is 1470. The maximum atomic E-state index is 14.5. The van der Waals surface area contributed by atoms with Crippen molar-refractivity contribution in [3.05, 3.63) is 129 Å². The molecule has 2 aromatic heterocycles. The van der Waals surface area contributed by atoms with Crippen LogP contribution in [0.5, 0.6) is 0 Å². The molecule has 0 saturated carbocycles. The van der Waals surface area contributed by atoms with Crippen LogP contribution in [0.4, 0.5) is 0 Å². The fraction of sp³-hybridized carbons (Fsp3) is 0.0714. The maximum absolute atomic E-state index is 14.5. The molecule has 2 aromatic carbocycles. The molecular weight excluding hydrogens is 499 g/mol. The Kier molecular flexibility index (Phi) is 4.84. The second kappa shape index (κ2) is 7.75. The summed E-state index contributed by atoms with van der Waals surface area (Å²) in [6, 6.07) is 15.3. The van der Waals surface area contributed by atoms with E-state index in [0.717, 1.165) is 0 Å². The second-order valence-electron chi connectivity index (χ2n) is 8.62. The van der Waals surface area contributed by atoms with E-state index in [-0.39, 0.29) is 43.4 Å². The first-order valence-electron chi connectivity index (χ1n) is 11.0. The van der Waals surface area contributed by atoms with E-state index < -0.39 is 34.0 Å². The molecule has 174 valence electrons. The lowest BCUT2D eigenvalue weighted by molar-refractivity contribution is 0.0557. The molecule has 0 saturated heterocycles. The first-order valence-corrected chi connectivity index (χ1v) is 11.7. The van der Waals surface area contributed by atoms with Gasteiger partial charge in [0, 0.05) is 47.0 Å². The Morgan fingerprint density at radius 3 is 1.08 bits per heavy atom. The van der Waals surface area contributed by atoms with Crippen LogP contribution in [-0.4, -0.2) is 33.1 Å². The average molecular weight is 513 g/mol. The predicted octanol–water partition coefficient (Wildman–Crippen LogP) is 5.12. The maximum Gasteiger partial charge on any atom is 0.183 e. The average Bonchev–Trinajstić information content (AvgIpc) is 3.26. The van der Waals surface area contributed by atoms with Crippen molar-refractivity contribution in [2.24, 2.45) is 0 Å². The van der Waals surface area contributed by atoms with Crippen molar-refractivity contribution in [2.45, 2.75) is 10.8 Å². The van der Waals surface area contributed by atoms with Gasteiger partial charge in [-0.05, 0) is 23.3 Å². The molecular formula is C28H14Cl2N2O4. The Morgan fingerprint density at radius 2 is 0.806 bits per heavy atom. The summed E-state index contributed by atoms with van der Waals surface area (Å²) in [5, 5.41) is -0.0683. The van der Waals surface area contributed by atoms with E-state index in [1.165, 1.54) is 61.2 Å². The van der Waals surface area contributed by atoms with E-state index >= 15 is 0 Å². The Hall–Kier alpha value is -4.00. The molecule has 0 bridgehead atoms. The number of hydrogen-bond acceptors (Lipinski definition) is 6. The van der Waals surface area contributed by atoms with E-state index in [1.807, 2.05) is 0 Å². The molecule has 2 aliphatic rings. The first kappa shape index (κ1) is 22.5. The third kappa shape index (κ3) is 2.47. The van der Waals surface area contributed by atoms with Gasteiger partial charge in [-0.1, -0.05) is 71.7 Å². The summed E-state index contributed by atoms with van der Waals surface area (Å²) in [5.41, 5.74) is -4.34. The molecule has 36 heavy (non-hydrogen) atoms. The van der Waals surface area contributed by atoms with E-state index in [4.69, 9.17) is 23.2 Å². The highest BCUT2D eigenvalue weighted by Gasteiger charge is 2.75. The lowest BCUT2D eigenvalue weighted by Gasteiger charge is -2.42. The van der Waals surface area contributed by atoms with Crippen molar-refractivity contribution in [2.75, 3.05) is 0 Å². The fourth-order valence-electron chi connectivity index (χ4n) is 5.71. The highest BCUT2D eigenvalue weighted by molar-refractivity contribution is 6.47. The van der Waals surface area contributed by atoms with Crippen LogP contribution in [0, 0.1) is 0 Å². The molecule has 0 radical (unpaired) electrons. The second-order valence-corrected chi connectivity index (χ2v) is 9.43. The lowest BCUT2D eigenvalue weighted by Crippen LogP contribution is -2.62. The number of carbonyl (C=O) groups excluding carboxylic acids is 4. The largest absolute Gasteiger partial charge is 0.293 e. The highest BCUT2D eigenvalue weighted by atomic mass is 35.5. The minimum atomic E-state index is -2.37. The molecule has 6 rings (SSSR count). The van der Waals surface area contributed by atoms with Gasteiger partial charge >= 0.3 is 0 Å². The smallest absolute Gasteiger partial charge is 0.183 e. The molecule has 0 spiro atoms. The number of pyridine rings is 2. The SMILES string of the molecule is O=C1c2ccccc2C(=O)C1(c1ccncc1Cl)C1(c2ccncc2Cl)C(=O)c2ccccc2C1=O. The molecule has 0 aliphatic heterocycles. The third-order valence-corrected chi connectivity index (χ3v) is 7.71. The molecule has 8 heteroatoms. The monoisotopic (exact) mass is 512 g/mol. The van der Waals surface area contributed by atoms with Crippen LogP contribution in [0.3, 0.4) is 0 Å².